The summed E-state index contributed by atoms with van der Waals surface area (Å²) in [6, 6.07) is 7.92. The van der Waals surface area contributed by atoms with Gasteiger partial charge in [0.05, 0.1) is 6.54 Å². The number of ether oxygens (including phenoxy) is 1. The van der Waals surface area contributed by atoms with E-state index in [9.17, 15) is 14.4 Å². The van der Waals surface area contributed by atoms with Crippen molar-refractivity contribution < 1.29 is 24.2 Å². The first kappa shape index (κ1) is 13.1. The molecule has 0 spiro atoms. The summed E-state index contributed by atoms with van der Waals surface area (Å²) in [6.45, 7) is -0.151. The van der Waals surface area contributed by atoms with Crippen LogP contribution < -0.4 is 0 Å². The van der Waals surface area contributed by atoms with Crippen molar-refractivity contribution in [3.63, 3.8) is 0 Å². The Labute approximate surface area is 109 Å². The highest BCUT2D eigenvalue weighted by molar-refractivity contribution is 5.95. The monoisotopic (exact) mass is 263 g/mol. The highest BCUT2D eigenvalue weighted by atomic mass is 16.6. The molecule has 1 heterocycles. The minimum atomic E-state index is -1.19. The molecule has 1 aliphatic rings. The number of nitrogens with zero attached hydrogens (tertiary/aromatic N) is 1. The number of carbonyl (C=O) groups excluding carboxylic acids is 2. The van der Waals surface area contributed by atoms with Gasteiger partial charge in [0.1, 0.15) is 12.6 Å². The number of aliphatic carboxylic acids is 1. The van der Waals surface area contributed by atoms with E-state index in [2.05, 4.69) is 0 Å². The SMILES string of the molecule is O=C1C[C@@H](C(=O)O)N(C(=O)OCc2ccccc2)C1. The molecule has 100 valence electrons. The van der Waals surface area contributed by atoms with E-state index in [0.29, 0.717) is 0 Å². The highest BCUT2D eigenvalue weighted by Crippen LogP contribution is 2.16. The molecule has 0 radical (unpaired) electrons. The van der Waals surface area contributed by atoms with E-state index in [1.807, 2.05) is 18.2 Å². The first-order valence-corrected chi connectivity index (χ1v) is 5.80. The van der Waals surface area contributed by atoms with Crippen molar-refractivity contribution in [3.05, 3.63) is 35.9 Å². The molecule has 1 aromatic carbocycles. The number of hydrogen-bond acceptors (Lipinski definition) is 4. The molecule has 0 unspecified atom stereocenters. The normalized spacial score (nSPS) is 18.4. The fourth-order valence-corrected chi connectivity index (χ4v) is 1.91. The van der Waals surface area contributed by atoms with Gasteiger partial charge in [-0.1, -0.05) is 30.3 Å². The second-order valence-corrected chi connectivity index (χ2v) is 4.26. The third kappa shape index (κ3) is 3.09. The molecule has 1 aromatic rings. The Morgan fingerprint density at radius 1 is 1.32 bits per heavy atom. The zero-order valence-electron chi connectivity index (χ0n) is 10.1. The lowest BCUT2D eigenvalue weighted by atomic mass is 10.2. The Hall–Kier alpha value is -2.37. The quantitative estimate of drug-likeness (QED) is 0.881. The predicted molar refractivity (Wildman–Crippen MR) is 64.4 cm³/mol. The van der Waals surface area contributed by atoms with Gasteiger partial charge < -0.3 is 9.84 Å². The Morgan fingerprint density at radius 2 is 2.00 bits per heavy atom. The lowest BCUT2D eigenvalue weighted by Crippen LogP contribution is -2.40. The number of ketones is 1. The summed E-state index contributed by atoms with van der Waals surface area (Å²) in [4.78, 5) is 34.9. The van der Waals surface area contributed by atoms with Gasteiger partial charge in [0, 0.05) is 6.42 Å². The molecule has 1 aliphatic heterocycles. The summed E-state index contributed by atoms with van der Waals surface area (Å²) < 4.78 is 5.01. The third-order valence-electron chi connectivity index (χ3n) is 2.87. The van der Waals surface area contributed by atoms with E-state index in [-0.39, 0.29) is 25.4 Å². The maximum atomic E-state index is 11.8. The zero-order chi connectivity index (χ0) is 13.8. The molecule has 1 N–H and O–H groups in total. The van der Waals surface area contributed by atoms with E-state index >= 15 is 0 Å². The standard InChI is InChI=1S/C13H13NO5/c15-10-6-11(12(16)17)14(7-10)13(18)19-8-9-4-2-1-3-5-9/h1-5,11H,6-8H2,(H,16,17)/t11-/m0/s1. The summed E-state index contributed by atoms with van der Waals surface area (Å²) in [5.74, 6) is -1.47. The first-order chi connectivity index (χ1) is 9.08. The van der Waals surface area contributed by atoms with Gasteiger partial charge >= 0.3 is 12.1 Å². The Bertz CT molecular complexity index is 499. The van der Waals surface area contributed by atoms with Crippen LogP contribution in [-0.2, 0) is 20.9 Å². The van der Waals surface area contributed by atoms with Crippen molar-refractivity contribution in [2.24, 2.45) is 0 Å². The first-order valence-electron chi connectivity index (χ1n) is 5.80. The maximum Gasteiger partial charge on any atom is 0.411 e. The molecule has 0 saturated carbocycles. The van der Waals surface area contributed by atoms with Crippen LogP contribution in [0.4, 0.5) is 4.79 Å². The number of carboxylic acid groups (broad SMARTS) is 1. The molecule has 1 amide bonds. The van der Waals surface area contributed by atoms with Crippen LogP contribution in [0.5, 0.6) is 0 Å². The predicted octanol–water partition coefficient (Wildman–Crippen LogP) is 1.05. The number of amides is 1. The van der Waals surface area contributed by atoms with Crippen LogP contribution in [0.1, 0.15) is 12.0 Å². The molecular formula is C13H13NO5. The van der Waals surface area contributed by atoms with Gasteiger partial charge in [-0.25, -0.2) is 9.59 Å². The Kier molecular flexibility index (Phi) is 3.79. The fraction of sp³-hybridized carbons (Fsp3) is 0.308. The van der Waals surface area contributed by atoms with Crippen molar-refractivity contribution in [1.82, 2.24) is 4.90 Å². The fourth-order valence-electron chi connectivity index (χ4n) is 1.91. The van der Waals surface area contributed by atoms with Gasteiger partial charge in [0.2, 0.25) is 0 Å². The molecule has 19 heavy (non-hydrogen) atoms. The maximum absolute atomic E-state index is 11.8. The van der Waals surface area contributed by atoms with E-state index in [0.717, 1.165) is 10.5 Å². The molecule has 1 atom stereocenters. The molecule has 2 rings (SSSR count). The minimum Gasteiger partial charge on any atom is -0.480 e. The number of likely N-dealkylation sites (tertiary alicyclic amines) is 1. The largest absolute Gasteiger partial charge is 0.480 e. The van der Waals surface area contributed by atoms with Crippen molar-refractivity contribution in [3.8, 4) is 0 Å². The topological polar surface area (TPSA) is 83.9 Å². The number of Topliss-reactive ketones (excluding diaryl/α,β-unsaturated/α-hetero) is 1. The van der Waals surface area contributed by atoms with Crippen molar-refractivity contribution in [1.29, 1.82) is 0 Å². The van der Waals surface area contributed by atoms with Crippen LogP contribution in [0, 0.1) is 0 Å². The molecule has 6 nitrogen and oxygen atoms in total. The third-order valence-corrected chi connectivity index (χ3v) is 2.87. The van der Waals surface area contributed by atoms with Crippen molar-refractivity contribution in [2.45, 2.75) is 19.1 Å². The number of carboxylic acids is 1. The molecule has 6 heteroatoms. The van der Waals surface area contributed by atoms with Crippen LogP contribution in [0.25, 0.3) is 0 Å². The summed E-state index contributed by atoms with van der Waals surface area (Å²) in [7, 11) is 0. The van der Waals surface area contributed by atoms with E-state index in [1.54, 1.807) is 12.1 Å². The van der Waals surface area contributed by atoms with E-state index in [4.69, 9.17) is 9.84 Å². The van der Waals surface area contributed by atoms with Crippen LogP contribution in [0.2, 0.25) is 0 Å². The minimum absolute atomic E-state index is 0.0523. The number of rotatable bonds is 3. The van der Waals surface area contributed by atoms with Gasteiger partial charge in [-0.15, -0.1) is 0 Å². The van der Waals surface area contributed by atoms with E-state index in [1.165, 1.54) is 0 Å². The molecule has 0 bridgehead atoms. The summed E-state index contributed by atoms with van der Waals surface area (Å²) >= 11 is 0. The van der Waals surface area contributed by atoms with Gasteiger partial charge in [0.25, 0.3) is 0 Å². The van der Waals surface area contributed by atoms with Crippen LogP contribution in [-0.4, -0.2) is 40.4 Å². The number of hydrogen-bond donors (Lipinski definition) is 1. The van der Waals surface area contributed by atoms with Crippen LogP contribution in [0.3, 0.4) is 0 Å². The summed E-state index contributed by atoms with van der Waals surface area (Å²) in [5.41, 5.74) is 0.799. The van der Waals surface area contributed by atoms with Gasteiger partial charge in [-0.05, 0) is 5.56 Å². The molecule has 1 fully saturated rings. The average Bonchev–Trinajstić information content (AvgIpc) is 2.79. The average molecular weight is 263 g/mol. The Morgan fingerprint density at radius 3 is 2.63 bits per heavy atom. The second-order valence-electron chi connectivity index (χ2n) is 4.26. The Balaban J connectivity index is 1.96. The van der Waals surface area contributed by atoms with Crippen molar-refractivity contribution in [2.75, 3.05) is 6.54 Å². The lowest BCUT2D eigenvalue weighted by Gasteiger charge is -2.19. The smallest absolute Gasteiger partial charge is 0.411 e. The number of carbonyl (C=O) groups is 3. The van der Waals surface area contributed by atoms with Gasteiger partial charge in [0.15, 0.2) is 5.78 Å². The molecule has 0 aliphatic carbocycles. The lowest BCUT2D eigenvalue weighted by molar-refractivity contribution is -0.142. The van der Waals surface area contributed by atoms with Gasteiger partial charge in [-0.2, -0.15) is 0 Å². The molecule has 1 saturated heterocycles. The van der Waals surface area contributed by atoms with Crippen molar-refractivity contribution >= 4 is 17.8 Å². The van der Waals surface area contributed by atoms with Gasteiger partial charge in [-0.3, -0.25) is 9.69 Å². The summed E-state index contributed by atoms with van der Waals surface area (Å²) in [5, 5.41) is 8.93. The zero-order valence-corrected chi connectivity index (χ0v) is 10.1. The van der Waals surface area contributed by atoms with E-state index < -0.39 is 18.1 Å². The molecular weight excluding hydrogens is 250 g/mol. The van der Waals surface area contributed by atoms with Crippen LogP contribution >= 0.6 is 0 Å². The van der Waals surface area contributed by atoms with Crippen LogP contribution in [0.15, 0.2) is 30.3 Å². The second kappa shape index (κ2) is 5.51. The summed E-state index contributed by atoms with van der Waals surface area (Å²) in [6.07, 6.45) is -0.933. The number of benzene rings is 1. The highest BCUT2D eigenvalue weighted by Gasteiger charge is 2.39. The molecule has 0 aromatic heterocycles.